The molecular weight excluding hydrogens is 274 g/mol. The summed E-state index contributed by atoms with van der Waals surface area (Å²) in [5.74, 6) is -2.41. The monoisotopic (exact) mass is 295 g/mol. The normalized spacial score (nSPS) is 29.4. The summed E-state index contributed by atoms with van der Waals surface area (Å²) in [5.41, 5.74) is 0. The molecule has 0 aliphatic heterocycles. The van der Waals surface area contributed by atoms with Crippen molar-refractivity contribution in [3.63, 3.8) is 0 Å². The van der Waals surface area contributed by atoms with Crippen LogP contribution >= 0.6 is 0 Å². The van der Waals surface area contributed by atoms with Crippen molar-refractivity contribution in [1.29, 1.82) is 0 Å². The van der Waals surface area contributed by atoms with Gasteiger partial charge in [0.15, 0.2) is 0 Å². The van der Waals surface area contributed by atoms with Gasteiger partial charge in [-0.25, -0.2) is 0 Å². The van der Waals surface area contributed by atoms with E-state index >= 15 is 0 Å². The van der Waals surface area contributed by atoms with Crippen LogP contribution in [0.1, 0.15) is 19.3 Å². The third-order valence-corrected chi connectivity index (χ3v) is 4.51. The Hall–Kier alpha value is -1.85. The van der Waals surface area contributed by atoms with E-state index in [1.807, 2.05) is 12.2 Å². The second-order valence-corrected chi connectivity index (χ2v) is 5.78. The molecule has 0 aromatic rings. The van der Waals surface area contributed by atoms with Crippen LogP contribution in [0.2, 0.25) is 0 Å². The van der Waals surface area contributed by atoms with Crippen molar-refractivity contribution in [1.82, 2.24) is 4.90 Å². The molecule has 2 aliphatic carbocycles. The molecule has 4 atom stereocenters. The Balaban J connectivity index is 1.94. The Labute approximate surface area is 123 Å². The van der Waals surface area contributed by atoms with Crippen LogP contribution in [0, 0.1) is 23.7 Å². The fraction of sp³-hybridized carbons (Fsp3) is 0.667. The van der Waals surface area contributed by atoms with E-state index in [1.54, 1.807) is 7.05 Å². The molecule has 2 bridgehead atoms. The standard InChI is InChI=1S/C15H21NO5/c1-16(7-3-4-11(17)21-2)14(18)12-9-5-6-10(8-9)13(12)15(19)20/h5-6,9-10,12-13H,3-4,7-8H2,1-2H3,(H,19,20)/t9?,10?,12-,13+/m0/s1. The zero-order valence-corrected chi connectivity index (χ0v) is 12.3. The van der Waals surface area contributed by atoms with E-state index in [0.29, 0.717) is 13.0 Å². The summed E-state index contributed by atoms with van der Waals surface area (Å²) in [4.78, 5) is 36.5. The Morgan fingerprint density at radius 1 is 1.24 bits per heavy atom. The Bertz CT molecular complexity index is 473. The van der Waals surface area contributed by atoms with Gasteiger partial charge < -0.3 is 14.7 Å². The second kappa shape index (κ2) is 6.28. The molecule has 1 N–H and O–H groups in total. The van der Waals surface area contributed by atoms with Crippen molar-refractivity contribution in [3.8, 4) is 0 Å². The first kappa shape index (κ1) is 15.5. The lowest BCUT2D eigenvalue weighted by Gasteiger charge is -2.28. The summed E-state index contributed by atoms with van der Waals surface area (Å²) in [6, 6.07) is 0. The van der Waals surface area contributed by atoms with Gasteiger partial charge in [0.2, 0.25) is 5.91 Å². The van der Waals surface area contributed by atoms with Crippen molar-refractivity contribution in [2.24, 2.45) is 23.7 Å². The molecule has 6 heteroatoms. The number of amides is 1. The minimum Gasteiger partial charge on any atom is -0.481 e. The lowest BCUT2D eigenvalue weighted by molar-refractivity contribution is -0.150. The number of allylic oxidation sites excluding steroid dienone is 2. The van der Waals surface area contributed by atoms with Crippen LogP contribution in [0.25, 0.3) is 0 Å². The molecular formula is C15H21NO5. The number of carbonyl (C=O) groups is 3. The molecule has 0 aromatic carbocycles. The number of ether oxygens (including phenoxy) is 1. The second-order valence-electron chi connectivity index (χ2n) is 5.78. The maximum Gasteiger partial charge on any atom is 0.307 e. The zero-order chi connectivity index (χ0) is 15.6. The average molecular weight is 295 g/mol. The van der Waals surface area contributed by atoms with Crippen molar-refractivity contribution < 1.29 is 24.2 Å². The molecule has 1 fully saturated rings. The lowest BCUT2D eigenvalue weighted by atomic mass is 9.82. The minimum atomic E-state index is -0.895. The predicted octanol–water partition coefficient (Wildman–Crippen LogP) is 0.921. The first-order chi connectivity index (χ1) is 9.95. The molecule has 1 saturated carbocycles. The molecule has 0 radical (unpaired) electrons. The van der Waals surface area contributed by atoms with Crippen LogP contribution < -0.4 is 0 Å². The molecule has 0 heterocycles. The highest BCUT2D eigenvalue weighted by Gasteiger charge is 2.52. The molecule has 2 unspecified atom stereocenters. The summed E-state index contributed by atoms with van der Waals surface area (Å²) in [7, 11) is 2.99. The molecule has 2 rings (SSSR count). The third-order valence-electron chi connectivity index (χ3n) is 4.51. The zero-order valence-electron chi connectivity index (χ0n) is 12.3. The van der Waals surface area contributed by atoms with Gasteiger partial charge in [-0.05, 0) is 24.7 Å². The van der Waals surface area contributed by atoms with Gasteiger partial charge in [0, 0.05) is 20.0 Å². The number of carbonyl (C=O) groups excluding carboxylic acids is 2. The fourth-order valence-electron chi connectivity index (χ4n) is 3.42. The van der Waals surface area contributed by atoms with Crippen molar-refractivity contribution in [2.75, 3.05) is 20.7 Å². The van der Waals surface area contributed by atoms with Crippen LogP contribution in [0.5, 0.6) is 0 Å². The Morgan fingerprint density at radius 2 is 1.86 bits per heavy atom. The van der Waals surface area contributed by atoms with E-state index in [2.05, 4.69) is 4.74 Å². The summed E-state index contributed by atoms with van der Waals surface area (Å²) in [5, 5.41) is 9.35. The third kappa shape index (κ3) is 3.09. The Kier molecular flexibility index (Phi) is 4.65. The molecule has 0 spiro atoms. The number of methoxy groups -OCH3 is 1. The fourth-order valence-corrected chi connectivity index (χ4v) is 3.42. The van der Waals surface area contributed by atoms with E-state index in [4.69, 9.17) is 0 Å². The van der Waals surface area contributed by atoms with Crippen LogP contribution in [0.4, 0.5) is 0 Å². The average Bonchev–Trinajstić information content (AvgIpc) is 3.06. The number of esters is 1. The van der Waals surface area contributed by atoms with Crippen LogP contribution in [-0.4, -0.2) is 48.6 Å². The number of hydrogen-bond acceptors (Lipinski definition) is 4. The Morgan fingerprint density at radius 3 is 2.43 bits per heavy atom. The number of carboxylic acid groups (broad SMARTS) is 1. The summed E-state index contributed by atoms with van der Waals surface area (Å²) in [6.45, 7) is 0.428. The molecule has 116 valence electrons. The predicted molar refractivity (Wildman–Crippen MR) is 74.2 cm³/mol. The first-order valence-electron chi connectivity index (χ1n) is 7.18. The van der Waals surface area contributed by atoms with Crippen molar-refractivity contribution in [2.45, 2.75) is 19.3 Å². The van der Waals surface area contributed by atoms with Gasteiger partial charge in [0.05, 0.1) is 18.9 Å². The number of fused-ring (bicyclic) bond motifs is 2. The lowest BCUT2D eigenvalue weighted by Crippen LogP contribution is -2.41. The summed E-state index contributed by atoms with van der Waals surface area (Å²) < 4.78 is 4.55. The van der Waals surface area contributed by atoms with Crippen molar-refractivity contribution in [3.05, 3.63) is 12.2 Å². The molecule has 1 amide bonds. The summed E-state index contributed by atoms with van der Waals surface area (Å²) >= 11 is 0. The van der Waals surface area contributed by atoms with Crippen LogP contribution in [0.15, 0.2) is 12.2 Å². The van der Waals surface area contributed by atoms with Crippen LogP contribution in [0.3, 0.4) is 0 Å². The van der Waals surface area contributed by atoms with Gasteiger partial charge in [-0.15, -0.1) is 0 Å². The molecule has 2 aliphatic rings. The van der Waals surface area contributed by atoms with E-state index in [-0.39, 0.29) is 30.1 Å². The van der Waals surface area contributed by atoms with Gasteiger partial charge in [0.25, 0.3) is 0 Å². The van der Waals surface area contributed by atoms with Gasteiger partial charge in [0.1, 0.15) is 0 Å². The highest BCUT2D eigenvalue weighted by atomic mass is 16.5. The minimum absolute atomic E-state index is 0.0232. The highest BCUT2D eigenvalue weighted by Crippen LogP contribution is 2.48. The van der Waals surface area contributed by atoms with Gasteiger partial charge in [-0.2, -0.15) is 0 Å². The molecule has 6 nitrogen and oxygen atoms in total. The quantitative estimate of drug-likeness (QED) is 0.582. The molecule has 21 heavy (non-hydrogen) atoms. The number of hydrogen-bond donors (Lipinski definition) is 1. The number of nitrogens with zero attached hydrogens (tertiary/aromatic N) is 1. The van der Waals surface area contributed by atoms with E-state index in [1.165, 1.54) is 12.0 Å². The largest absolute Gasteiger partial charge is 0.481 e. The highest BCUT2D eigenvalue weighted by molar-refractivity contribution is 5.86. The van der Waals surface area contributed by atoms with E-state index < -0.39 is 17.8 Å². The topological polar surface area (TPSA) is 83.9 Å². The SMILES string of the molecule is COC(=O)CCCN(C)C(=O)[C@H]1C2C=CC(C2)[C@H]1C(=O)O. The van der Waals surface area contributed by atoms with Crippen LogP contribution in [-0.2, 0) is 19.1 Å². The smallest absolute Gasteiger partial charge is 0.307 e. The number of rotatable bonds is 6. The van der Waals surface area contributed by atoms with Gasteiger partial charge >= 0.3 is 11.9 Å². The first-order valence-corrected chi connectivity index (χ1v) is 7.18. The van der Waals surface area contributed by atoms with Gasteiger partial charge in [-0.3, -0.25) is 14.4 Å². The maximum atomic E-state index is 12.5. The molecule has 0 aromatic heterocycles. The summed E-state index contributed by atoms with van der Waals surface area (Å²) in [6.07, 6.45) is 5.42. The number of carboxylic acids is 1. The maximum absolute atomic E-state index is 12.5. The molecule has 0 saturated heterocycles. The van der Waals surface area contributed by atoms with E-state index in [0.717, 1.165) is 6.42 Å². The number of aliphatic carboxylic acids is 1. The van der Waals surface area contributed by atoms with Gasteiger partial charge in [-0.1, -0.05) is 12.2 Å². The van der Waals surface area contributed by atoms with Crippen molar-refractivity contribution >= 4 is 17.8 Å². The van der Waals surface area contributed by atoms with E-state index in [9.17, 15) is 19.5 Å².